The molecule has 2 heterocycles. The van der Waals surface area contributed by atoms with E-state index in [4.69, 9.17) is 0 Å². The smallest absolute Gasteiger partial charge is 0.223 e. The van der Waals surface area contributed by atoms with Crippen molar-refractivity contribution in [1.82, 2.24) is 4.90 Å². The summed E-state index contributed by atoms with van der Waals surface area (Å²) in [4.78, 5) is 14.4. The molecular weight excluding hydrogens is 284 g/mol. The number of amides is 1. The summed E-state index contributed by atoms with van der Waals surface area (Å²) in [7, 11) is 0. The van der Waals surface area contributed by atoms with Crippen molar-refractivity contribution in [1.29, 1.82) is 0 Å². The van der Waals surface area contributed by atoms with Crippen LogP contribution in [0.4, 0.5) is 5.69 Å². The molecule has 2 aliphatic rings. The van der Waals surface area contributed by atoms with Gasteiger partial charge >= 0.3 is 0 Å². The Hall–Kier alpha value is -2.29. The number of fused-ring (bicyclic) bond motifs is 1. The molecule has 0 radical (unpaired) electrons. The molecule has 3 nitrogen and oxygen atoms in total. The van der Waals surface area contributed by atoms with Crippen LogP contribution < -0.4 is 5.32 Å². The van der Waals surface area contributed by atoms with E-state index in [1.807, 2.05) is 6.07 Å². The first kappa shape index (κ1) is 14.3. The minimum atomic E-state index is 0.186. The number of nitrogens with zero attached hydrogens (tertiary/aromatic N) is 1. The number of benzene rings is 2. The zero-order valence-electron chi connectivity index (χ0n) is 13.5. The minimum Gasteiger partial charge on any atom is -0.378 e. The van der Waals surface area contributed by atoms with Gasteiger partial charge in [-0.25, -0.2) is 0 Å². The quantitative estimate of drug-likeness (QED) is 0.901. The van der Waals surface area contributed by atoms with Crippen LogP contribution in [0.25, 0.3) is 0 Å². The first-order valence-corrected chi connectivity index (χ1v) is 8.44. The molecule has 3 heteroatoms. The second-order valence-electron chi connectivity index (χ2n) is 6.59. The highest BCUT2D eigenvalue weighted by molar-refractivity contribution is 5.79. The topological polar surface area (TPSA) is 32.3 Å². The highest BCUT2D eigenvalue weighted by Gasteiger charge is 2.36. The molecule has 1 saturated heterocycles. The molecule has 2 aromatic rings. The van der Waals surface area contributed by atoms with Crippen LogP contribution in [0.1, 0.15) is 48.0 Å². The van der Waals surface area contributed by atoms with E-state index in [1.54, 1.807) is 0 Å². The maximum absolute atomic E-state index is 12.3. The maximum Gasteiger partial charge on any atom is 0.223 e. The van der Waals surface area contributed by atoms with Crippen molar-refractivity contribution in [3.8, 4) is 0 Å². The van der Waals surface area contributed by atoms with Gasteiger partial charge in [0.1, 0.15) is 0 Å². The molecule has 0 aliphatic carbocycles. The van der Waals surface area contributed by atoms with Crippen LogP contribution in [0.15, 0.2) is 48.5 Å². The molecule has 4 rings (SSSR count). The lowest BCUT2D eigenvalue weighted by Gasteiger charge is -2.39. The molecule has 0 spiro atoms. The van der Waals surface area contributed by atoms with Gasteiger partial charge in [-0.2, -0.15) is 0 Å². The lowest BCUT2D eigenvalue weighted by molar-refractivity contribution is -0.130. The largest absolute Gasteiger partial charge is 0.378 e. The monoisotopic (exact) mass is 306 g/mol. The van der Waals surface area contributed by atoms with Crippen LogP contribution in [0.2, 0.25) is 0 Å². The molecule has 23 heavy (non-hydrogen) atoms. The fourth-order valence-corrected chi connectivity index (χ4v) is 3.95. The molecule has 2 atom stereocenters. The standard InChI is InChI=1S/C20H22N2O/c1-14-7-5-10-16-18(22-12-6-11-19(22)23)13-17(21-20(14)16)15-8-3-2-4-9-15/h2-5,7-10,17-18,21H,6,11-13H2,1H3/t17-,18-/m0/s1. The van der Waals surface area contributed by atoms with Gasteiger partial charge in [0.2, 0.25) is 5.91 Å². The van der Waals surface area contributed by atoms with Crippen molar-refractivity contribution in [3.63, 3.8) is 0 Å². The Bertz CT molecular complexity index is 726. The Balaban J connectivity index is 1.76. The van der Waals surface area contributed by atoms with Gasteiger partial charge in [0.05, 0.1) is 12.1 Å². The number of carbonyl (C=O) groups is 1. The number of para-hydroxylation sites is 1. The van der Waals surface area contributed by atoms with Crippen LogP contribution in [-0.4, -0.2) is 17.4 Å². The zero-order chi connectivity index (χ0) is 15.8. The van der Waals surface area contributed by atoms with Gasteiger partial charge < -0.3 is 10.2 Å². The molecule has 2 aromatic carbocycles. The Labute approximate surface area is 137 Å². The summed E-state index contributed by atoms with van der Waals surface area (Å²) in [6.07, 6.45) is 2.62. The first-order chi connectivity index (χ1) is 11.2. The van der Waals surface area contributed by atoms with Gasteiger partial charge in [-0.3, -0.25) is 4.79 Å². The number of anilines is 1. The SMILES string of the molecule is Cc1cccc2c1N[C@H](c1ccccc1)C[C@@H]2N1CCCC1=O. The second kappa shape index (κ2) is 5.73. The molecule has 2 aliphatic heterocycles. The molecular formula is C20H22N2O. The van der Waals surface area contributed by atoms with E-state index in [9.17, 15) is 4.79 Å². The highest BCUT2D eigenvalue weighted by atomic mass is 16.2. The number of carbonyl (C=O) groups excluding carboxylic acids is 1. The number of likely N-dealkylation sites (tertiary alicyclic amines) is 1. The number of nitrogens with one attached hydrogen (secondary N) is 1. The van der Waals surface area contributed by atoms with Gasteiger partial charge in [-0.15, -0.1) is 0 Å². The molecule has 1 amide bonds. The number of hydrogen-bond acceptors (Lipinski definition) is 2. The van der Waals surface area contributed by atoms with E-state index in [0.29, 0.717) is 12.3 Å². The molecule has 118 valence electrons. The molecule has 0 unspecified atom stereocenters. The average Bonchev–Trinajstić information content (AvgIpc) is 3.01. The molecule has 0 bridgehead atoms. The van der Waals surface area contributed by atoms with Crippen molar-refractivity contribution >= 4 is 11.6 Å². The Kier molecular flexibility index (Phi) is 3.56. The zero-order valence-corrected chi connectivity index (χ0v) is 13.5. The summed E-state index contributed by atoms with van der Waals surface area (Å²) in [6.45, 7) is 3.03. The van der Waals surface area contributed by atoms with E-state index in [1.165, 1.54) is 22.4 Å². The third-order valence-corrected chi connectivity index (χ3v) is 5.13. The van der Waals surface area contributed by atoms with Crippen LogP contribution in [0.3, 0.4) is 0 Å². The van der Waals surface area contributed by atoms with Crippen molar-refractivity contribution in [3.05, 3.63) is 65.2 Å². The number of hydrogen-bond donors (Lipinski definition) is 1. The summed E-state index contributed by atoms with van der Waals surface area (Å²) in [5.74, 6) is 0.302. The lowest BCUT2D eigenvalue weighted by Crippen LogP contribution is -2.35. The fraction of sp³-hybridized carbons (Fsp3) is 0.350. The lowest BCUT2D eigenvalue weighted by atomic mass is 9.87. The summed E-state index contributed by atoms with van der Waals surface area (Å²) in [5.41, 5.74) is 5.02. The van der Waals surface area contributed by atoms with Crippen molar-refractivity contribution in [2.45, 2.75) is 38.3 Å². The van der Waals surface area contributed by atoms with E-state index in [-0.39, 0.29) is 12.1 Å². The predicted octanol–water partition coefficient (Wildman–Crippen LogP) is 4.22. The average molecular weight is 306 g/mol. The second-order valence-corrected chi connectivity index (χ2v) is 6.59. The van der Waals surface area contributed by atoms with E-state index in [2.05, 4.69) is 59.6 Å². The predicted molar refractivity (Wildman–Crippen MR) is 92.3 cm³/mol. The van der Waals surface area contributed by atoms with E-state index < -0.39 is 0 Å². The Morgan fingerprint density at radius 1 is 1.09 bits per heavy atom. The summed E-state index contributed by atoms with van der Waals surface area (Å²) in [5, 5.41) is 3.71. The molecule has 1 N–H and O–H groups in total. The van der Waals surface area contributed by atoms with Gasteiger partial charge in [0.25, 0.3) is 0 Å². The third-order valence-electron chi connectivity index (χ3n) is 5.13. The van der Waals surface area contributed by atoms with Crippen molar-refractivity contribution in [2.75, 3.05) is 11.9 Å². The Morgan fingerprint density at radius 2 is 1.91 bits per heavy atom. The highest BCUT2D eigenvalue weighted by Crippen LogP contribution is 2.44. The van der Waals surface area contributed by atoms with Crippen LogP contribution in [0, 0.1) is 6.92 Å². The third kappa shape index (κ3) is 2.50. The van der Waals surface area contributed by atoms with Crippen molar-refractivity contribution < 1.29 is 4.79 Å². The van der Waals surface area contributed by atoms with Crippen LogP contribution in [0.5, 0.6) is 0 Å². The van der Waals surface area contributed by atoms with Gasteiger partial charge in [0.15, 0.2) is 0 Å². The molecule has 0 aromatic heterocycles. The molecule has 1 fully saturated rings. The van der Waals surface area contributed by atoms with Crippen LogP contribution >= 0.6 is 0 Å². The van der Waals surface area contributed by atoms with E-state index in [0.717, 1.165) is 19.4 Å². The van der Waals surface area contributed by atoms with Gasteiger partial charge in [-0.05, 0) is 36.5 Å². The maximum atomic E-state index is 12.3. The normalized spacial score (nSPS) is 23.5. The first-order valence-electron chi connectivity index (χ1n) is 8.44. The summed E-state index contributed by atoms with van der Waals surface area (Å²) < 4.78 is 0. The van der Waals surface area contributed by atoms with Gasteiger partial charge in [0, 0.05) is 18.7 Å². The van der Waals surface area contributed by atoms with Crippen LogP contribution in [-0.2, 0) is 4.79 Å². The minimum absolute atomic E-state index is 0.186. The van der Waals surface area contributed by atoms with E-state index >= 15 is 0 Å². The van der Waals surface area contributed by atoms with Gasteiger partial charge in [-0.1, -0.05) is 48.5 Å². The fourth-order valence-electron chi connectivity index (χ4n) is 3.95. The number of rotatable bonds is 2. The number of aryl methyl sites for hydroxylation is 1. The van der Waals surface area contributed by atoms with Crippen molar-refractivity contribution in [2.24, 2.45) is 0 Å². The Morgan fingerprint density at radius 3 is 2.65 bits per heavy atom. The summed E-state index contributed by atoms with van der Waals surface area (Å²) >= 11 is 0. The summed E-state index contributed by atoms with van der Waals surface area (Å²) in [6, 6.07) is 17.4. The molecule has 0 saturated carbocycles.